The van der Waals surface area contributed by atoms with Gasteiger partial charge in [0.1, 0.15) is 5.69 Å². The zero-order valence-electron chi connectivity index (χ0n) is 11.3. The first-order valence-electron chi connectivity index (χ1n) is 6.24. The average molecular weight is 287 g/mol. The molecule has 1 aromatic heterocycles. The van der Waals surface area contributed by atoms with Crippen LogP contribution in [-0.2, 0) is 4.74 Å². The van der Waals surface area contributed by atoms with Gasteiger partial charge in [-0.1, -0.05) is 12.1 Å². The van der Waals surface area contributed by atoms with Gasteiger partial charge in [0.25, 0.3) is 11.5 Å². The summed E-state index contributed by atoms with van der Waals surface area (Å²) >= 11 is 0. The van der Waals surface area contributed by atoms with Crippen LogP contribution in [0, 0.1) is 0 Å². The minimum Gasteiger partial charge on any atom is -0.462 e. The Morgan fingerprint density at radius 1 is 1.33 bits per heavy atom. The third-order valence-electron chi connectivity index (χ3n) is 2.58. The van der Waals surface area contributed by atoms with E-state index in [0.29, 0.717) is 5.69 Å². The van der Waals surface area contributed by atoms with Crippen LogP contribution < -0.4 is 10.9 Å². The molecule has 7 heteroatoms. The van der Waals surface area contributed by atoms with Crippen molar-refractivity contribution in [2.75, 3.05) is 11.9 Å². The molecule has 0 fully saturated rings. The second-order valence-electron chi connectivity index (χ2n) is 4.02. The fourth-order valence-corrected chi connectivity index (χ4v) is 1.66. The molecule has 0 aliphatic carbocycles. The number of ether oxygens (including phenoxy) is 1. The van der Waals surface area contributed by atoms with E-state index in [4.69, 9.17) is 4.74 Å². The van der Waals surface area contributed by atoms with Crippen molar-refractivity contribution in [2.24, 2.45) is 0 Å². The summed E-state index contributed by atoms with van der Waals surface area (Å²) in [5, 5.41) is 2.54. The Bertz CT molecular complexity index is 724. The summed E-state index contributed by atoms with van der Waals surface area (Å²) in [5.74, 6) is -1.12. The SMILES string of the molecule is CCOC(=O)c1ccccc1NC(=O)c1cc(=O)[nH]cn1. The van der Waals surface area contributed by atoms with Crippen LogP contribution in [0.2, 0.25) is 0 Å². The smallest absolute Gasteiger partial charge is 0.340 e. The number of carbonyl (C=O) groups excluding carboxylic acids is 2. The summed E-state index contributed by atoms with van der Waals surface area (Å²) < 4.78 is 4.91. The van der Waals surface area contributed by atoms with Crippen molar-refractivity contribution in [1.82, 2.24) is 9.97 Å². The Balaban J connectivity index is 2.25. The Morgan fingerprint density at radius 2 is 2.10 bits per heavy atom. The molecule has 2 aromatic rings. The lowest BCUT2D eigenvalue weighted by molar-refractivity contribution is 0.0527. The number of benzene rings is 1. The van der Waals surface area contributed by atoms with Crippen molar-refractivity contribution in [3.05, 3.63) is 58.3 Å². The highest BCUT2D eigenvalue weighted by Gasteiger charge is 2.15. The highest BCUT2D eigenvalue weighted by molar-refractivity contribution is 6.06. The summed E-state index contributed by atoms with van der Waals surface area (Å²) in [4.78, 5) is 41.1. The van der Waals surface area contributed by atoms with Gasteiger partial charge in [-0.15, -0.1) is 0 Å². The molecule has 0 unspecified atom stereocenters. The van der Waals surface area contributed by atoms with Gasteiger partial charge >= 0.3 is 5.97 Å². The highest BCUT2D eigenvalue weighted by atomic mass is 16.5. The van der Waals surface area contributed by atoms with Crippen LogP contribution in [0.25, 0.3) is 0 Å². The van der Waals surface area contributed by atoms with E-state index in [2.05, 4.69) is 15.3 Å². The van der Waals surface area contributed by atoms with Crippen molar-refractivity contribution in [3.63, 3.8) is 0 Å². The molecule has 1 aromatic carbocycles. The number of anilines is 1. The average Bonchev–Trinajstić information content (AvgIpc) is 2.48. The lowest BCUT2D eigenvalue weighted by Gasteiger charge is -2.09. The third kappa shape index (κ3) is 3.53. The predicted octanol–water partition coefficient (Wildman–Crippen LogP) is 1.20. The molecule has 2 rings (SSSR count). The standard InChI is InChI=1S/C14H13N3O4/c1-2-21-14(20)9-5-3-4-6-10(9)17-13(19)11-7-12(18)16-8-15-11/h3-8H,2H2,1H3,(H,17,19)(H,15,16,18). The van der Waals surface area contributed by atoms with E-state index in [-0.39, 0.29) is 17.9 Å². The number of amides is 1. The van der Waals surface area contributed by atoms with Crippen LogP contribution >= 0.6 is 0 Å². The van der Waals surface area contributed by atoms with E-state index in [1.165, 1.54) is 0 Å². The predicted molar refractivity (Wildman–Crippen MR) is 75.2 cm³/mol. The number of aromatic amines is 1. The van der Waals surface area contributed by atoms with Gasteiger partial charge in [0.05, 0.1) is 24.2 Å². The maximum Gasteiger partial charge on any atom is 0.340 e. The zero-order chi connectivity index (χ0) is 15.2. The first kappa shape index (κ1) is 14.4. The quantitative estimate of drug-likeness (QED) is 0.823. The molecule has 1 amide bonds. The lowest BCUT2D eigenvalue weighted by atomic mass is 10.1. The zero-order valence-corrected chi connectivity index (χ0v) is 11.3. The second-order valence-corrected chi connectivity index (χ2v) is 4.02. The first-order valence-corrected chi connectivity index (χ1v) is 6.24. The van der Waals surface area contributed by atoms with Gasteiger partial charge in [-0.25, -0.2) is 9.78 Å². The third-order valence-corrected chi connectivity index (χ3v) is 2.58. The largest absolute Gasteiger partial charge is 0.462 e. The molecule has 2 N–H and O–H groups in total. The second kappa shape index (κ2) is 6.47. The number of rotatable bonds is 4. The Morgan fingerprint density at radius 3 is 2.81 bits per heavy atom. The summed E-state index contributed by atoms with van der Waals surface area (Å²) in [6.45, 7) is 1.93. The molecule has 21 heavy (non-hydrogen) atoms. The monoisotopic (exact) mass is 287 g/mol. The number of esters is 1. The normalized spacial score (nSPS) is 9.95. The number of H-pyrrole nitrogens is 1. The molecular formula is C14H13N3O4. The Hall–Kier alpha value is -2.96. The van der Waals surface area contributed by atoms with Crippen molar-refractivity contribution < 1.29 is 14.3 Å². The van der Waals surface area contributed by atoms with Gasteiger partial charge in [0.2, 0.25) is 0 Å². The number of nitrogens with zero attached hydrogens (tertiary/aromatic N) is 1. The Labute approximate surface area is 120 Å². The van der Waals surface area contributed by atoms with Gasteiger partial charge in [-0.3, -0.25) is 9.59 Å². The van der Waals surface area contributed by atoms with Crippen LogP contribution in [-0.4, -0.2) is 28.5 Å². The molecule has 0 aliphatic rings. The molecule has 0 saturated heterocycles. The van der Waals surface area contributed by atoms with Crippen LogP contribution in [0.3, 0.4) is 0 Å². The van der Waals surface area contributed by atoms with Crippen molar-refractivity contribution in [3.8, 4) is 0 Å². The van der Waals surface area contributed by atoms with Gasteiger partial charge < -0.3 is 15.0 Å². The summed E-state index contributed by atoms with van der Waals surface area (Å²) in [6, 6.07) is 7.51. The van der Waals surface area contributed by atoms with Crippen LogP contribution in [0.5, 0.6) is 0 Å². The number of hydrogen-bond acceptors (Lipinski definition) is 5. The van der Waals surface area contributed by atoms with E-state index >= 15 is 0 Å². The molecule has 1 heterocycles. The molecule has 0 saturated carbocycles. The van der Waals surface area contributed by atoms with Gasteiger partial charge in [0.15, 0.2) is 0 Å². The van der Waals surface area contributed by atoms with E-state index in [9.17, 15) is 14.4 Å². The number of nitrogens with one attached hydrogen (secondary N) is 2. The van der Waals surface area contributed by atoms with Gasteiger partial charge in [-0.05, 0) is 19.1 Å². The maximum atomic E-state index is 12.0. The fourth-order valence-electron chi connectivity index (χ4n) is 1.66. The molecule has 0 bridgehead atoms. The molecule has 0 spiro atoms. The summed E-state index contributed by atoms with van der Waals surface area (Å²) in [6.07, 6.45) is 1.13. The molecule has 7 nitrogen and oxygen atoms in total. The number of hydrogen-bond donors (Lipinski definition) is 2. The number of aromatic nitrogens is 2. The van der Waals surface area contributed by atoms with E-state index < -0.39 is 17.4 Å². The number of para-hydroxylation sites is 1. The minimum atomic E-state index is -0.585. The molecule has 0 radical (unpaired) electrons. The van der Waals surface area contributed by atoms with Crippen molar-refractivity contribution in [1.29, 1.82) is 0 Å². The van der Waals surface area contributed by atoms with Crippen molar-refractivity contribution in [2.45, 2.75) is 6.92 Å². The topological polar surface area (TPSA) is 101 Å². The molecule has 108 valence electrons. The van der Waals surface area contributed by atoms with E-state index in [1.807, 2.05) is 0 Å². The first-order chi connectivity index (χ1) is 10.1. The van der Waals surface area contributed by atoms with Gasteiger partial charge in [-0.2, -0.15) is 0 Å². The number of carbonyl (C=O) groups is 2. The lowest BCUT2D eigenvalue weighted by Crippen LogP contribution is -2.19. The van der Waals surface area contributed by atoms with Gasteiger partial charge in [0, 0.05) is 6.07 Å². The molecule has 0 atom stereocenters. The fraction of sp³-hybridized carbons (Fsp3) is 0.143. The molecular weight excluding hydrogens is 274 g/mol. The molecule has 0 aliphatic heterocycles. The van der Waals surface area contributed by atoms with Crippen LogP contribution in [0.15, 0.2) is 41.5 Å². The van der Waals surface area contributed by atoms with E-state index in [0.717, 1.165) is 12.4 Å². The highest BCUT2D eigenvalue weighted by Crippen LogP contribution is 2.16. The Kier molecular flexibility index (Phi) is 4.45. The van der Waals surface area contributed by atoms with Crippen LogP contribution in [0.4, 0.5) is 5.69 Å². The van der Waals surface area contributed by atoms with E-state index in [1.54, 1.807) is 31.2 Å². The summed E-state index contributed by atoms with van der Waals surface area (Å²) in [7, 11) is 0. The summed E-state index contributed by atoms with van der Waals surface area (Å²) in [5.41, 5.74) is 0.0480. The van der Waals surface area contributed by atoms with Crippen LogP contribution in [0.1, 0.15) is 27.8 Å². The maximum absolute atomic E-state index is 12.0. The minimum absolute atomic E-state index is 0.0441. The van der Waals surface area contributed by atoms with Crippen molar-refractivity contribution >= 4 is 17.6 Å².